The normalized spacial score (nSPS) is 13.6. The van der Waals surface area contributed by atoms with Gasteiger partial charge in [-0.1, -0.05) is 19.8 Å². The van der Waals surface area contributed by atoms with Crippen LogP contribution in [0, 0.1) is 0 Å². The summed E-state index contributed by atoms with van der Waals surface area (Å²) in [6.45, 7) is 4.49. The van der Waals surface area contributed by atoms with Crippen molar-refractivity contribution in [3.05, 3.63) is 0 Å². The Morgan fingerprint density at radius 2 is 1.72 bits per heavy atom. The monoisotopic (exact) mass is 260 g/mol. The first-order valence-corrected chi connectivity index (χ1v) is 6.01. The first kappa shape index (κ1) is 16.6. The zero-order valence-corrected chi connectivity index (χ0v) is 11.0. The van der Waals surface area contributed by atoms with Crippen molar-refractivity contribution in [1.29, 1.82) is 0 Å². The average molecular weight is 260 g/mol. The van der Waals surface area contributed by atoms with Crippen LogP contribution in [-0.4, -0.2) is 35.2 Å². The third-order valence-electron chi connectivity index (χ3n) is 2.16. The summed E-state index contributed by atoms with van der Waals surface area (Å²) in [4.78, 5) is 33.6. The van der Waals surface area contributed by atoms with Crippen molar-refractivity contribution in [3.8, 4) is 0 Å². The number of hydrogen-bond donors (Lipinski definition) is 1. The molecule has 18 heavy (non-hydrogen) atoms. The summed E-state index contributed by atoms with van der Waals surface area (Å²) in [6.07, 6.45) is 0.142. The fraction of sp³-hybridized carbons (Fsp3) is 0.750. The molecule has 0 heterocycles. The molecule has 0 aliphatic heterocycles. The Hall–Kier alpha value is -1.43. The molecular formula is C12H20O6. The number of carbonyl (C=O) groups excluding carboxylic acids is 3. The van der Waals surface area contributed by atoms with Crippen molar-refractivity contribution in [2.24, 2.45) is 0 Å². The molecule has 0 aromatic rings. The second-order valence-corrected chi connectivity index (χ2v) is 4.01. The van der Waals surface area contributed by atoms with E-state index in [9.17, 15) is 14.4 Å². The molecule has 1 N–H and O–H groups in total. The van der Waals surface area contributed by atoms with Gasteiger partial charge in [0.2, 0.25) is 0 Å². The summed E-state index contributed by atoms with van der Waals surface area (Å²) in [5.74, 6) is -2.49. The number of unbranched alkanes of at least 4 members (excludes halogenated alkanes) is 2. The summed E-state index contributed by atoms with van der Waals surface area (Å²) >= 11 is 0. The van der Waals surface area contributed by atoms with Crippen molar-refractivity contribution in [3.63, 3.8) is 0 Å². The van der Waals surface area contributed by atoms with Crippen LogP contribution < -0.4 is 0 Å². The fourth-order valence-corrected chi connectivity index (χ4v) is 1.09. The second-order valence-electron chi connectivity index (χ2n) is 4.01. The van der Waals surface area contributed by atoms with Gasteiger partial charge < -0.3 is 14.6 Å². The molecular weight excluding hydrogens is 240 g/mol. The minimum absolute atomic E-state index is 0.163. The van der Waals surface area contributed by atoms with Gasteiger partial charge in [0.05, 0.1) is 0 Å². The van der Waals surface area contributed by atoms with Gasteiger partial charge >= 0.3 is 17.9 Å². The maximum atomic E-state index is 11.3. The smallest absolute Gasteiger partial charge is 0.354 e. The number of rotatable bonds is 7. The molecule has 0 amide bonds. The average Bonchev–Trinajstić information content (AvgIpc) is 2.28. The van der Waals surface area contributed by atoms with Crippen LogP contribution in [-0.2, 0) is 23.9 Å². The third-order valence-corrected chi connectivity index (χ3v) is 2.16. The quantitative estimate of drug-likeness (QED) is 0.416. The van der Waals surface area contributed by atoms with Crippen molar-refractivity contribution < 1.29 is 29.0 Å². The Kier molecular flexibility index (Phi) is 7.94. The lowest BCUT2D eigenvalue weighted by atomic mass is 10.2. The Bertz CT molecular complexity index is 297. The molecule has 0 aromatic carbocycles. The highest BCUT2D eigenvalue weighted by atomic mass is 16.6. The maximum absolute atomic E-state index is 11.3. The predicted molar refractivity (Wildman–Crippen MR) is 62.5 cm³/mol. The molecule has 0 spiro atoms. The second kappa shape index (κ2) is 8.63. The Morgan fingerprint density at radius 3 is 2.22 bits per heavy atom. The lowest BCUT2D eigenvalue weighted by molar-refractivity contribution is -0.176. The van der Waals surface area contributed by atoms with E-state index in [-0.39, 0.29) is 6.42 Å². The van der Waals surface area contributed by atoms with Crippen LogP contribution in [0.25, 0.3) is 0 Å². The first-order valence-electron chi connectivity index (χ1n) is 6.01. The van der Waals surface area contributed by atoms with Crippen LogP contribution in [0.15, 0.2) is 0 Å². The van der Waals surface area contributed by atoms with E-state index in [4.69, 9.17) is 5.11 Å². The van der Waals surface area contributed by atoms with Crippen LogP contribution in [0.2, 0.25) is 0 Å². The van der Waals surface area contributed by atoms with Crippen LogP contribution in [0.4, 0.5) is 0 Å². The topological polar surface area (TPSA) is 89.9 Å². The summed E-state index contributed by atoms with van der Waals surface area (Å²) < 4.78 is 9.09. The molecule has 0 bridgehead atoms. The number of aliphatic hydroxyl groups excluding tert-OH is 1. The highest BCUT2D eigenvalue weighted by Gasteiger charge is 2.23. The molecule has 0 saturated carbocycles. The molecule has 0 fully saturated rings. The van der Waals surface area contributed by atoms with Crippen LogP contribution in [0.3, 0.4) is 0 Å². The fourth-order valence-electron chi connectivity index (χ4n) is 1.09. The molecule has 0 aromatic heterocycles. The Labute approximate surface area is 106 Å². The van der Waals surface area contributed by atoms with Gasteiger partial charge in [0.15, 0.2) is 6.10 Å². The van der Waals surface area contributed by atoms with Gasteiger partial charge in [-0.3, -0.25) is 4.79 Å². The summed E-state index contributed by atoms with van der Waals surface area (Å²) in [5.41, 5.74) is 0. The number of aliphatic hydroxyl groups is 1. The number of ether oxygens (including phenoxy) is 2. The van der Waals surface area contributed by atoms with Crippen LogP contribution in [0.5, 0.6) is 0 Å². The third kappa shape index (κ3) is 7.01. The van der Waals surface area contributed by atoms with Gasteiger partial charge in [-0.2, -0.15) is 0 Å². The highest BCUT2D eigenvalue weighted by Crippen LogP contribution is 2.03. The largest absolute Gasteiger partial charge is 0.449 e. The van der Waals surface area contributed by atoms with Crippen molar-refractivity contribution in [2.45, 2.75) is 58.7 Å². The molecule has 2 unspecified atom stereocenters. The van der Waals surface area contributed by atoms with Gasteiger partial charge in [0.1, 0.15) is 6.10 Å². The lowest BCUT2D eigenvalue weighted by Crippen LogP contribution is -2.31. The van der Waals surface area contributed by atoms with E-state index in [0.29, 0.717) is 6.42 Å². The van der Waals surface area contributed by atoms with E-state index in [1.165, 1.54) is 13.8 Å². The van der Waals surface area contributed by atoms with Gasteiger partial charge in [0.25, 0.3) is 0 Å². The molecule has 6 heteroatoms. The minimum atomic E-state index is -1.32. The standard InChI is InChI=1S/C12H20O6/c1-4-5-6-7-10(14)18-12(16)9(3)17-11(15)8(2)13/h8-9,13H,4-7H2,1-3H3. The van der Waals surface area contributed by atoms with Gasteiger partial charge in [-0.15, -0.1) is 0 Å². The molecule has 0 saturated heterocycles. The molecule has 6 nitrogen and oxygen atoms in total. The van der Waals surface area contributed by atoms with E-state index in [0.717, 1.165) is 12.8 Å². The summed E-state index contributed by atoms with van der Waals surface area (Å²) in [6, 6.07) is 0. The minimum Gasteiger partial charge on any atom is -0.449 e. The maximum Gasteiger partial charge on any atom is 0.354 e. The molecule has 0 rings (SSSR count). The zero-order valence-electron chi connectivity index (χ0n) is 11.0. The van der Waals surface area contributed by atoms with E-state index < -0.39 is 30.1 Å². The molecule has 2 atom stereocenters. The number of hydrogen-bond acceptors (Lipinski definition) is 6. The zero-order chi connectivity index (χ0) is 14.1. The molecule has 0 radical (unpaired) electrons. The Morgan fingerprint density at radius 1 is 1.11 bits per heavy atom. The Balaban J connectivity index is 4.00. The number of esters is 3. The van der Waals surface area contributed by atoms with E-state index in [1.807, 2.05) is 6.92 Å². The SMILES string of the molecule is CCCCCC(=O)OC(=O)C(C)OC(=O)C(C)O. The molecule has 0 aliphatic rings. The van der Waals surface area contributed by atoms with Crippen molar-refractivity contribution >= 4 is 17.9 Å². The summed E-state index contributed by atoms with van der Waals surface area (Å²) in [7, 11) is 0. The summed E-state index contributed by atoms with van der Waals surface area (Å²) in [5, 5.41) is 8.88. The van der Waals surface area contributed by atoms with E-state index in [2.05, 4.69) is 9.47 Å². The van der Waals surface area contributed by atoms with E-state index >= 15 is 0 Å². The van der Waals surface area contributed by atoms with E-state index in [1.54, 1.807) is 0 Å². The molecule has 0 aliphatic carbocycles. The molecule has 104 valence electrons. The van der Waals surface area contributed by atoms with Gasteiger partial charge in [0, 0.05) is 6.42 Å². The van der Waals surface area contributed by atoms with Crippen LogP contribution in [0.1, 0.15) is 46.5 Å². The first-order chi connectivity index (χ1) is 8.38. The van der Waals surface area contributed by atoms with Gasteiger partial charge in [-0.05, 0) is 20.3 Å². The van der Waals surface area contributed by atoms with Crippen molar-refractivity contribution in [2.75, 3.05) is 0 Å². The number of carbonyl (C=O) groups is 3. The lowest BCUT2D eigenvalue weighted by Gasteiger charge is -2.12. The predicted octanol–water partition coefficient (Wildman–Crippen LogP) is 0.949. The van der Waals surface area contributed by atoms with Crippen molar-refractivity contribution in [1.82, 2.24) is 0 Å². The van der Waals surface area contributed by atoms with Crippen LogP contribution >= 0.6 is 0 Å². The van der Waals surface area contributed by atoms with Gasteiger partial charge in [-0.25, -0.2) is 9.59 Å². The highest BCUT2D eigenvalue weighted by molar-refractivity contribution is 5.89.